The third kappa shape index (κ3) is 3.45. The highest BCUT2D eigenvalue weighted by Crippen LogP contribution is 2.23. The van der Waals surface area contributed by atoms with E-state index in [1.165, 1.54) is 11.3 Å². The lowest BCUT2D eigenvalue weighted by Gasteiger charge is -2.21. The first kappa shape index (κ1) is 13.4. The summed E-state index contributed by atoms with van der Waals surface area (Å²) in [5.41, 5.74) is 5.48. The van der Waals surface area contributed by atoms with Crippen molar-refractivity contribution in [3.8, 4) is 0 Å². The number of nitrogens with two attached hydrogens (primary N) is 1. The second-order valence-electron chi connectivity index (χ2n) is 3.96. The molecule has 1 aliphatic rings. The molecule has 2 heterocycles. The van der Waals surface area contributed by atoms with E-state index in [9.17, 15) is 8.42 Å². The van der Waals surface area contributed by atoms with Crippen LogP contribution in [0.1, 0.15) is 17.7 Å². The molecule has 1 aromatic rings. The summed E-state index contributed by atoms with van der Waals surface area (Å²) >= 11 is 3.05. The molecule has 1 saturated heterocycles. The van der Waals surface area contributed by atoms with Crippen molar-refractivity contribution in [3.63, 3.8) is 0 Å². The van der Waals surface area contributed by atoms with Crippen LogP contribution >= 0.6 is 23.1 Å². The topological polar surface area (TPSA) is 72.2 Å². The zero-order chi connectivity index (χ0) is 12.3. The Labute approximate surface area is 110 Å². The van der Waals surface area contributed by atoms with E-state index in [4.69, 9.17) is 5.73 Å². The molecule has 96 valence electrons. The highest BCUT2D eigenvalue weighted by Gasteiger charge is 2.23. The van der Waals surface area contributed by atoms with Gasteiger partial charge in [0.25, 0.3) is 0 Å². The molecule has 0 aliphatic carbocycles. The molecule has 0 amide bonds. The molecule has 3 N–H and O–H groups in total. The second kappa shape index (κ2) is 5.71. The van der Waals surface area contributed by atoms with Crippen molar-refractivity contribution in [2.45, 2.75) is 29.6 Å². The fourth-order valence-electron chi connectivity index (χ4n) is 1.72. The third-order valence-electron chi connectivity index (χ3n) is 2.59. The van der Waals surface area contributed by atoms with Gasteiger partial charge >= 0.3 is 0 Å². The summed E-state index contributed by atoms with van der Waals surface area (Å²) < 4.78 is 27.3. The maximum atomic E-state index is 12.1. The molecule has 2 rings (SSSR count). The van der Waals surface area contributed by atoms with Crippen molar-refractivity contribution < 1.29 is 8.42 Å². The molecule has 0 bridgehead atoms. The smallest absolute Gasteiger partial charge is 0.250 e. The van der Waals surface area contributed by atoms with Gasteiger partial charge in [-0.1, -0.05) is 0 Å². The number of sulfonamides is 1. The van der Waals surface area contributed by atoms with Crippen LogP contribution in [-0.2, 0) is 16.6 Å². The summed E-state index contributed by atoms with van der Waals surface area (Å²) in [5, 5.41) is 0. The van der Waals surface area contributed by atoms with Crippen LogP contribution in [0.3, 0.4) is 0 Å². The van der Waals surface area contributed by atoms with Gasteiger partial charge in [0, 0.05) is 23.2 Å². The highest BCUT2D eigenvalue weighted by molar-refractivity contribution is 7.99. The molecule has 0 radical (unpaired) electrons. The van der Waals surface area contributed by atoms with Gasteiger partial charge in [0.15, 0.2) is 0 Å². The quantitative estimate of drug-likeness (QED) is 0.879. The number of thiophene rings is 1. The van der Waals surface area contributed by atoms with Crippen molar-refractivity contribution in [1.82, 2.24) is 4.72 Å². The van der Waals surface area contributed by atoms with Gasteiger partial charge in [0.1, 0.15) is 4.21 Å². The van der Waals surface area contributed by atoms with E-state index in [-0.39, 0.29) is 6.04 Å². The average Bonchev–Trinajstić information content (AvgIpc) is 2.79. The Kier molecular flexibility index (Phi) is 4.48. The standard InChI is InChI=1S/C10H16N2O2S3/c11-6-9-3-4-10(16-9)17(13,14)12-8-2-1-5-15-7-8/h3-4,8,12H,1-2,5-7,11H2. The van der Waals surface area contributed by atoms with Crippen LogP contribution in [0.25, 0.3) is 0 Å². The molecule has 1 aromatic heterocycles. The van der Waals surface area contributed by atoms with E-state index in [1.807, 2.05) is 0 Å². The fraction of sp³-hybridized carbons (Fsp3) is 0.600. The molecule has 1 atom stereocenters. The SMILES string of the molecule is NCc1ccc(S(=O)(=O)NC2CCCSC2)s1. The molecule has 0 spiro atoms. The van der Waals surface area contributed by atoms with Crippen LogP contribution < -0.4 is 10.5 Å². The Balaban J connectivity index is 2.07. The molecular formula is C10H16N2O2S3. The number of hydrogen-bond donors (Lipinski definition) is 2. The summed E-state index contributed by atoms with van der Waals surface area (Å²) in [6, 6.07) is 3.47. The molecule has 7 heteroatoms. The Morgan fingerprint density at radius 2 is 2.29 bits per heavy atom. The van der Waals surface area contributed by atoms with Crippen molar-refractivity contribution in [2.75, 3.05) is 11.5 Å². The minimum absolute atomic E-state index is 0.0715. The van der Waals surface area contributed by atoms with E-state index in [0.717, 1.165) is 29.2 Å². The Hall–Kier alpha value is -0.0800. The molecular weight excluding hydrogens is 276 g/mol. The van der Waals surface area contributed by atoms with Crippen LogP contribution in [0.4, 0.5) is 0 Å². The van der Waals surface area contributed by atoms with Crippen LogP contribution in [0.2, 0.25) is 0 Å². The van der Waals surface area contributed by atoms with Gasteiger partial charge in [0.05, 0.1) is 0 Å². The zero-order valence-corrected chi connectivity index (χ0v) is 11.8. The molecule has 0 aromatic carbocycles. The van der Waals surface area contributed by atoms with Crippen molar-refractivity contribution in [3.05, 3.63) is 17.0 Å². The Morgan fingerprint density at radius 3 is 2.88 bits per heavy atom. The predicted molar refractivity (Wildman–Crippen MR) is 72.9 cm³/mol. The summed E-state index contributed by atoms with van der Waals surface area (Å²) in [6.07, 6.45) is 2.01. The summed E-state index contributed by atoms with van der Waals surface area (Å²) in [4.78, 5) is 0.892. The van der Waals surface area contributed by atoms with Gasteiger partial charge in [-0.05, 0) is 30.7 Å². The van der Waals surface area contributed by atoms with Gasteiger partial charge < -0.3 is 5.73 Å². The Morgan fingerprint density at radius 1 is 1.47 bits per heavy atom. The lowest BCUT2D eigenvalue weighted by Crippen LogP contribution is -2.37. The van der Waals surface area contributed by atoms with Crippen molar-refractivity contribution in [2.24, 2.45) is 5.73 Å². The van der Waals surface area contributed by atoms with E-state index < -0.39 is 10.0 Å². The van der Waals surface area contributed by atoms with Crippen LogP contribution in [0, 0.1) is 0 Å². The van der Waals surface area contributed by atoms with Gasteiger partial charge in [-0.15, -0.1) is 11.3 Å². The molecule has 4 nitrogen and oxygen atoms in total. The van der Waals surface area contributed by atoms with Crippen LogP contribution in [0.5, 0.6) is 0 Å². The molecule has 1 aliphatic heterocycles. The van der Waals surface area contributed by atoms with E-state index in [2.05, 4.69) is 4.72 Å². The minimum Gasteiger partial charge on any atom is -0.326 e. The maximum absolute atomic E-state index is 12.1. The number of nitrogens with one attached hydrogen (secondary N) is 1. The van der Waals surface area contributed by atoms with E-state index >= 15 is 0 Å². The summed E-state index contributed by atoms with van der Waals surface area (Å²) in [5.74, 6) is 2.00. The van der Waals surface area contributed by atoms with Gasteiger partial charge in [-0.3, -0.25) is 0 Å². The van der Waals surface area contributed by atoms with Gasteiger partial charge in [-0.25, -0.2) is 13.1 Å². The number of rotatable bonds is 4. The van der Waals surface area contributed by atoms with Crippen LogP contribution in [0.15, 0.2) is 16.3 Å². The highest BCUT2D eigenvalue weighted by atomic mass is 32.2. The maximum Gasteiger partial charge on any atom is 0.250 e. The minimum atomic E-state index is -3.35. The molecule has 1 fully saturated rings. The van der Waals surface area contributed by atoms with Gasteiger partial charge in [-0.2, -0.15) is 11.8 Å². The molecule has 1 unspecified atom stereocenters. The van der Waals surface area contributed by atoms with Gasteiger partial charge in [0.2, 0.25) is 10.0 Å². The number of hydrogen-bond acceptors (Lipinski definition) is 5. The number of thioether (sulfide) groups is 1. The summed E-state index contributed by atoms with van der Waals surface area (Å²) in [7, 11) is -3.35. The summed E-state index contributed by atoms with van der Waals surface area (Å²) in [6.45, 7) is 0.388. The first-order valence-electron chi connectivity index (χ1n) is 5.50. The second-order valence-corrected chi connectivity index (χ2v) is 8.22. The fourth-order valence-corrected chi connectivity index (χ4v) is 5.42. The van der Waals surface area contributed by atoms with Crippen molar-refractivity contribution >= 4 is 33.1 Å². The molecule has 0 saturated carbocycles. The Bertz CT molecular complexity index is 464. The molecule has 17 heavy (non-hydrogen) atoms. The van der Waals surface area contributed by atoms with Crippen LogP contribution in [-0.4, -0.2) is 26.0 Å². The largest absolute Gasteiger partial charge is 0.326 e. The lowest BCUT2D eigenvalue weighted by molar-refractivity contribution is 0.545. The lowest BCUT2D eigenvalue weighted by atomic mass is 10.2. The predicted octanol–water partition coefficient (Wildman–Crippen LogP) is 1.38. The third-order valence-corrected chi connectivity index (χ3v) is 6.92. The van der Waals surface area contributed by atoms with Crippen molar-refractivity contribution in [1.29, 1.82) is 0 Å². The average molecular weight is 292 g/mol. The monoisotopic (exact) mass is 292 g/mol. The van der Waals surface area contributed by atoms with E-state index in [0.29, 0.717) is 10.8 Å². The normalized spacial score (nSPS) is 21.6. The first-order valence-corrected chi connectivity index (χ1v) is 8.96. The van der Waals surface area contributed by atoms with E-state index in [1.54, 1.807) is 23.9 Å². The first-order chi connectivity index (χ1) is 8.12. The zero-order valence-electron chi connectivity index (χ0n) is 9.39.